The minimum absolute atomic E-state index is 0.0871. The summed E-state index contributed by atoms with van der Waals surface area (Å²) in [5.74, 6) is -3.11. The number of rotatable bonds is 3. The van der Waals surface area contributed by atoms with Gasteiger partial charge in [-0.25, -0.2) is 8.78 Å². The van der Waals surface area contributed by atoms with Crippen LogP contribution < -0.4 is 0 Å². The highest BCUT2D eigenvalue weighted by Gasteiger charge is 2.32. The lowest BCUT2D eigenvalue weighted by Gasteiger charge is -2.16. The Bertz CT molecular complexity index is 329. The first kappa shape index (κ1) is 11.7. The van der Waals surface area contributed by atoms with E-state index >= 15 is 0 Å². The van der Waals surface area contributed by atoms with Crippen molar-refractivity contribution >= 4 is 23.2 Å². The van der Waals surface area contributed by atoms with E-state index in [1.165, 1.54) is 18.2 Å². The second kappa shape index (κ2) is 4.43. The fourth-order valence-corrected chi connectivity index (χ4v) is 1.61. The Morgan fingerprint density at radius 3 is 2.43 bits per heavy atom. The van der Waals surface area contributed by atoms with Crippen molar-refractivity contribution in [2.24, 2.45) is 0 Å². The Morgan fingerprint density at radius 2 is 1.93 bits per heavy atom. The molecule has 0 aromatic heterocycles. The molecule has 0 saturated heterocycles. The molecule has 78 valence electrons. The Hall–Kier alpha value is -0.380. The lowest BCUT2D eigenvalue weighted by atomic mass is 10.1. The van der Waals surface area contributed by atoms with Gasteiger partial charge in [0.25, 0.3) is 5.92 Å². The maximum atomic E-state index is 13.3. The van der Waals surface area contributed by atoms with Crippen LogP contribution in [-0.2, 0) is 5.92 Å². The van der Waals surface area contributed by atoms with E-state index in [-0.39, 0.29) is 10.6 Å². The molecule has 0 bridgehead atoms. The molecule has 0 heterocycles. The molecule has 14 heavy (non-hydrogen) atoms. The highest BCUT2D eigenvalue weighted by molar-refractivity contribution is 6.35. The van der Waals surface area contributed by atoms with Crippen molar-refractivity contribution in [2.45, 2.75) is 12.3 Å². The highest BCUT2D eigenvalue weighted by atomic mass is 35.5. The predicted octanol–water partition coefficient (Wildman–Crippen LogP) is 3.47. The van der Waals surface area contributed by atoms with Gasteiger partial charge in [0, 0.05) is 23.6 Å². The van der Waals surface area contributed by atoms with E-state index < -0.39 is 19.0 Å². The van der Waals surface area contributed by atoms with Crippen molar-refractivity contribution in [3.63, 3.8) is 0 Å². The molecule has 0 radical (unpaired) electrons. The van der Waals surface area contributed by atoms with Crippen LogP contribution in [0.2, 0.25) is 10.0 Å². The summed E-state index contributed by atoms with van der Waals surface area (Å²) in [6.45, 7) is -0.591. The number of aliphatic hydroxyl groups excluding tert-OH is 1. The van der Waals surface area contributed by atoms with Gasteiger partial charge in [0.1, 0.15) is 0 Å². The summed E-state index contributed by atoms with van der Waals surface area (Å²) in [5, 5.41) is 8.68. The van der Waals surface area contributed by atoms with Crippen LogP contribution in [0.25, 0.3) is 0 Å². The van der Waals surface area contributed by atoms with Gasteiger partial charge in [-0.15, -0.1) is 0 Å². The molecule has 1 rings (SSSR count). The number of halogens is 4. The maximum absolute atomic E-state index is 13.3. The fourth-order valence-electron chi connectivity index (χ4n) is 1.06. The van der Waals surface area contributed by atoms with Crippen LogP contribution in [0.1, 0.15) is 12.0 Å². The number of hydrogen-bond donors (Lipinski definition) is 1. The molecule has 0 spiro atoms. The van der Waals surface area contributed by atoms with Crippen LogP contribution >= 0.6 is 23.2 Å². The van der Waals surface area contributed by atoms with Crippen molar-refractivity contribution in [2.75, 3.05) is 6.61 Å². The van der Waals surface area contributed by atoms with E-state index in [2.05, 4.69) is 0 Å². The van der Waals surface area contributed by atoms with Crippen LogP contribution in [0.3, 0.4) is 0 Å². The van der Waals surface area contributed by atoms with E-state index in [0.29, 0.717) is 5.02 Å². The lowest BCUT2D eigenvalue weighted by molar-refractivity contribution is -0.0268. The molecular weight excluding hydrogens is 233 g/mol. The molecule has 1 aromatic carbocycles. The third-order valence-electron chi connectivity index (χ3n) is 1.75. The van der Waals surface area contributed by atoms with Gasteiger partial charge in [0.2, 0.25) is 0 Å². The zero-order valence-electron chi connectivity index (χ0n) is 7.11. The van der Waals surface area contributed by atoms with Crippen molar-refractivity contribution in [3.05, 3.63) is 33.8 Å². The Morgan fingerprint density at radius 1 is 1.29 bits per heavy atom. The van der Waals surface area contributed by atoms with Crippen molar-refractivity contribution in [1.82, 2.24) is 0 Å². The van der Waals surface area contributed by atoms with Crippen molar-refractivity contribution in [1.29, 1.82) is 0 Å². The minimum atomic E-state index is -3.11. The van der Waals surface area contributed by atoms with Gasteiger partial charge in [-0.2, -0.15) is 0 Å². The van der Waals surface area contributed by atoms with Crippen LogP contribution in [-0.4, -0.2) is 11.7 Å². The molecule has 0 atom stereocenters. The Kier molecular flexibility index (Phi) is 3.70. The quantitative estimate of drug-likeness (QED) is 0.858. The molecule has 0 aliphatic rings. The average molecular weight is 241 g/mol. The summed E-state index contributed by atoms with van der Waals surface area (Å²) >= 11 is 11.2. The summed E-state index contributed by atoms with van der Waals surface area (Å²) in [6.07, 6.45) is -0.644. The largest absolute Gasteiger partial charge is 0.396 e. The Balaban J connectivity index is 3.06. The summed E-state index contributed by atoms with van der Waals surface area (Å²) in [6, 6.07) is 3.76. The molecule has 0 aliphatic heterocycles. The maximum Gasteiger partial charge on any atom is 0.276 e. The smallest absolute Gasteiger partial charge is 0.276 e. The van der Waals surface area contributed by atoms with E-state index in [4.69, 9.17) is 28.3 Å². The SMILES string of the molecule is OCCC(F)(F)c1ccc(Cl)cc1Cl. The van der Waals surface area contributed by atoms with Crippen LogP contribution in [0.15, 0.2) is 18.2 Å². The van der Waals surface area contributed by atoms with Gasteiger partial charge in [-0.1, -0.05) is 29.3 Å². The topological polar surface area (TPSA) is 20.2 Å². The second-order valence-electron chi connectivity index (χ2n) is 2.80. The molecule has 0 saturated carbocycles. The van der Waals surface area contributed by atoms with Gasteiger partial charge in [0.05, 0.1) is 5.02 Å². The van der Waals surface area contributed by atoms with E-state index in [1.807, 2.05) is 0 Å². The molecule has 1 nitrogen and oxygen atoms in total. The molecule has 5 heteroatoms. The van der Waals surface area contributed by atoms with Crippen LogP contribution in [0, 0.1) is 0 Å². The van der Waals surface area contributed by atoms with Gasteiger partial charge >= 0.3 is 0 Å². The minimum Gasteiger partial charge on any atom is -0.396 e. The van der Waals surface area contributed by atoms with Crippen molar-refractivity contribution in [3.8, 4) is 0 Å². The molecule has 1 aromatic rings. The fraction of sp³-hybridized carbons (Fsp3) is 0.333. The molecule has 1 N–H and O–H groups in total. The molecule has 0 amide bonds. The monoisotopic (exact) mass is 240 g/mol. The third-order valence-corrected chi connectivity index (χ3v) is 2.30. The van der Waals surface area contributed by atoms with Crippen molar-refractivity contribution < 1.29 is 13.9 Å². The standard InChI is InChI=1S/C9H8Cl2F2O/c10-6-1-2-7(8(11)5-6)9(12,13)3-4-14/h1-2,5,14H,3-4H2. The van der Waals surface area contributed by atoms with Gasteiger partial charge in [0.15, 0.2) is 0 Å². The van der Waals surface area contributed by atoms with Crippen LogP contribution in [0.5, 0.6) is 0 Å². The van der Waals surface area contributed by atoms with Gasteiger partial charge in [-0.05, 0) is 12.1 Å². The highest BCUT2D eigenvalue weighted by Crippen LogP contribution is 2.36. The van der Waals surface area contributed by atoms with E-state index in [0.717, 1.165) is 0 Å². The van der Waals surface area contributed by atoms with Crippen LogP contribution in [0.4, 0.5) is 8.78 Å². The molecule has 0 unspecified atom stereocenters. The first-order chi connectivity index (χ1) is 6.47. The van der Waals surface area contributed by atoms with E-state index in [1.54, 1.807) is 0 Å². The summed E-state index contributed by atoms with van der Waals surface area (Å²) in [5.41, 5.74) is -0.308. The zero-order chi connectivity index (χ0) is 10.8. The first-order valence-corrected chi connectivity index (χ1v) is 4.67. The van der Waals surface area contributed by atoms with Gasteiger partial charge < -0.3 is 5.11 Å². The normalized spacial score (nSPS) is 11.8. The predicted molar refractivity (Wildman–Crippen MR) is 52.1 cm³/mol. The third kappa shape index (κ3) is 2.56. The Labute approximate surface area is 90.3 Å². The summed E-state index contributed by atoms with van der Waals surface area (Å²) < 4.78 is 26.5. The average Bonchev–Trinajstić information content (AvgIpc) is 2.02. The number of alkyl halides is 2. The number of hydrogen-bond acceptors (Lipinski definition) is 1. The first-order valence-electron chi connectivity index (χ1n) is 3.91. The van der Waals surface area contributed by atoms with Gasteiger partial charge in [-0.3, -0.25) is 0 Å². The molecule has 0 aliphatic carbocycles. The molecular formula is C9H8Cl2F2O. The van der Waals surface area contributed by atoms with E-state index in [9.17, 15) is 8.78 Å². The lowest BCUT2D eigenvalue weighted by Crippen LogP contribution is -2.15. The number of aliphatic hydroxyl groups is 1. The summed E-state index contributed by atoms with van der Waals surface area (Å²) in [4.78, 5) is 0. The second-order valence-corrected chi connectivity index (χ2v) is 3.65. The zero-order valence-corrected chi connectivity index (χ0v) is 8.62. The number of benzene rings is 1. The molecule has 0 fully saturated rings. The summed E-state index contributed by atoms with van der Waals surface area (Å²) in [7, 11) is 0.